The number of esters is 1. The maximum atomic E-state index is 12.5. The van der Waals surface area contributed by atoms with Gasteiger partial charge in [0, 0.05) is 18.7 Å². The van der Waals surface area contributed by atoms with Gasteiger partial charge in [0.2, 0.25) is 11.8 Å². The van der Waals surface area contributed by atoms with Crippen molar-refractivity contribution in [2.24, 2.45) is 5.92 Å². The zero-order chi connectivity index (χ0) is 19.8. The van der Waals surface area contributed by atoms with E-state index in [0.29, 0.717) is 34.4 Å². The van der Waals surface area contributed by atoms with E-state index >= 15 is 0 Å². The highest BCUT2D eigenvalue weighted by Crippen LogP contribution is 2.35. The van der Waals surface area contributed by atoms with Crippen LogP contribution in [-0.4, -0.2) is 30.0 Å². The number of carbonyl (C=O) groups is 2. The highest BCUT2D eigenvalue weighted by atomic mass is 35.5. The molecule has 0 N–H and O–H groups in total. The van der Waals surface area contributed by atoms with Crippen molar-refractivity contribution >= 4 is 40.3 Å². The third-order valence-corrected chi connectivity index (χ3v) is 5.11. The first-order chi connectivity index (χ1) is 13.5. The molecule has 1 amide bonds. The van der Waals surface area contributed by atoms with Gasteiger partial charge in [-0.15, -0.1) is 0 Å². The summed E-state index contributed by atoms with van der Waals surface area (Å²) in [6.07, 6.45) is 0.138. The number of hydrogen-bond acceptors (Lipinski definition) is 5. The van der Waals surface area contributed by atoms with Gasteiger partial charge in [-0.05, 0) is 49.7 Å². The average Bonchev–Trinajstić information content (AvgIpc) is 3.25. The Hall–Kier alpha value is -2.86. The topological polar surface area (TPSA) is 72.6 Å². The maximum Gasteiger partial charge on any atom is 0.311 e. The zero-order valence-electron chi connectivity index (χ0n) is 15.6. The Morgan fingerprint density at radius 3 is 2.93 bits per heavy atom. The summed E-state index contributed by atoms with van der Waals surface area (Å²) in [5.41, 5.74) is 3.74. The van der Waals surface area contributed by atoms with Crippen LogP contribution in [0.5, 0.6) is 0 Å². The first-order valence-electron chi connectivity index (χ1n) is 9.10. The fourth-order valence-corrected chi connectivity index (χ4v) is 3.57. The van der Waals surface area contributed by atoms with Gasteiger partial charge in [0.25, 0.3) is 0 Å². The summed E-state index contributed by atoms with van der Waals surface area (Å²) in [5.74, 6) is -0.540. The van der Waals surface area contributed by atoms with Crippen molar-refractivity contribution in [3.8, 4) is 11.5 Å². The summed E-state index contributed by atoms with van der Waals surface area (Å²) in [6, 6.07) is 11.0. The van der Waals surface area contributed by atoms with E-state index in [2.05, 4.69) is 4.98 Å². The van der Waals surface area contributed by atoms with Crippen molar-refractivity contribution in [1.29, 1.82) is 0 Å². The lowest BCUT2D eigenvalue weighted by atomic mass is 10.1. The number of nitrogens with zero attached hydrogens (tertiary/aromatic N) is 2. The largest absolute Gasteiger partial charge is 0.466 e. The smallest absolute Gasteiger partial charge is 0.311 e. The summed E-state index contributed by atoms with van der Waals surface area (Å²) in [5, 5.41) is 0.473. The number of aromatic nitrogens is 1. The van der Waals surface area contributed by atoms with Gasteiger partial charge < -0.3 is 14.1 Å². The number of ether oxygens (including phenoxy) is 1. The second-order valence-corrected chi connectivity index (χ2v) is 7.22. The normalized spacial score (nSPS) is 16.8. The van der Waals surface area contributed by atoms with Gasteiger partial charge in [-0.2, -0.15) is 0 Å². The van der Waals surface area contributed by atoms with Crippen LogP contribution in [0.25, 0.3) is 22.6 Å². The molecule has 1 aliphatic heterocycles. The van der Waals surface area contributed by atoms with E-state index in [0.717, 1.165) is 11.1 Å². The van der Waals surface area contributed by atoms with Gasteiger partial charge in [0.15, 0.2) is 5.58 Å². The SMILES string of the molecule is CCOC(=O)[C@H]1CC(=O)N(c2ccc(Cl)c(-c3nc4cc(C)ccc4o3)c2)C1. The third kappa shape index (κ3) is 3.36. The molecule has 144 valence electrons. The van der Waals surface area contributed by atoms with E-state index < -0.39 is 5.92 Å². The van der Waals surface area contributed by atoms with Crippen molar-refractivity contribution < 1.29 is 18.7 Å². The third-order valence-electron chi connectivity index (χ3n) is 4.78. The number of amides is 1. The highest BCUT2D eigenvalue weighted by Gasteiger charge is 2.36. The molecule has 0 saturated carbocycles. The molecular formula is C21H19ClN2O4. The van der Waals surface area contributed by atoms with E-state index in [-0.39, 0.29) is 24.8 Å². The molecule has 28 heavy (non-hydrogen) atoms. The molecular weight excluding hydrogens is 380 g/mol. The lowest BCUT2D eigenvalue weighted by Crippen LogP contribution is -2.26. The summed E-state index contributed by atoms with van der Waals surface area (Å²) in [7, 11) is 0. The standard InChI is InChI=1S/C21H19ClN2O4/c1-3-27-21(26)13-9-19(25)24(11-13)14-5-6-16(22)15(10-14)20-23-17-8-12(2)4-7-18(17)28-20/h4-8,10,13H,3,9,11H2,1-2H3/t13-/m0/s1. The van der Waals surface area contributed by atoms with E-state index in [1.165, 1.54) is 0 Å². The van der Waals surface area contributed by atoms with E-state index in [4.69, 9.17) is 20.8 Å². The molecule has 0 unspecified atom stereocenters. The van der Waals surface area contributed by atoms with Gasteiger partial charge in [-0.3, -0.25) is 9.59 Å². The summed E-state index contributed by atoms with van der Waals surface area (Å²) < 4.78 is 10.9. The molecule has 7 heteroatoms. The van der Waals surface area contributed by atoms with Crippen molar-refractivity contribution in [1.82, 2.24) is 4.98 Å². The van der Waals surface area contributed by atoms with Crippen molar-refractivity contribution in [3.05, 3.63) is 47.0 Å². The van der Waals surface area contributed by atoms with Crippen LogP contribution >= 0.6 is 11.6 Å². The van der Waals surface area contributed by atoms with Crippen molar-refractivity contribution in [2.45, 2.75) is 20.3 Å². The molecule has 1 aliphatic rings. The molecule has 0 spiro atoms. The summed E-state index contributed by atoms with van der Waals surface area (Å²) in [4.78, 5) is 30.5. The Kier molecular flexibility index (Phi) is 4.81. The van der Waals surface area contributed by atoms with Crippen molar-refractivity contribution in [3.63, 3.8) is 0 Å². The first kappa shape index (κ1) is 18.5. The monoisotopic (exact) mass is 398 g/mol. The molecule has 2 heterocycles. The number of fused-ring (bicyclic) bond motifs is 1. The number of oxazole rings is 1. The lowest BCUT2D eigenvalue weighted by Gasteiger charge is -2.17. The molecule has 6 nitrogen and oxygen atoms in total. The lowest BCUT2D eigenvalue weighted by molar-refractivity contribution is -0.147. The number of anilines is 1. The zero-order valence-corrected chi connectivity index (χ0v) is 16.3. The van der Waals surface area contributed by atoms with Crippen LogP contribution in [0.3, 0.4) is 0 Å². The number of benzene rings is 2. The van der Waals surface area contributed by atoms with Crippen LogP contribution < -0.4 is 4.90 Å². The molecule has 0 radical (unpaired) electrons. The van der Waals surface area contributed by atoms with Crippen LogP contribution in [0.1, 0.15) is 18.9 Å². The minimum absolute atomic E-state index is 0.125. The molecule has 2 aromatic carbocycles. The Labute approximate surface area is 167 Å². The predicted molar refractivity (Wildman–Crippen MR) is 106 cm³/mol. The van der Waals surface area contributed by atoms with Crippen LogP contribution in [0.4, 0.5) is 5.69 Å². The Morgan fingerprint density at radius 2 is 2.14 bits per heavy atom. The Balaban J connectivity index is 1.67. The number of rotatable bonds is 4. The van der Waals surface area contributed by atoms with E-state index in [1.807, 2.05) is 25.1 Å². The highest BCUT2D eigenvalue weighted by molar-refractivity contribution is 6.33. The van der Waals surface area contributed by atoms with Crippen LogP contribution in [-0.2, 0) is 14.3 Å². The minimum atomic E-state index is -0.459. The number of aryl methyl sites for hydroxylation is 1. The first-order valence-corrected chi connectivity index (χ1v) is 9.48. The molecule has 0 bridgehead atoms. The average molecular weight is 399 g/mol. The quantitative estimate of drug-likeness (QED) is 0.610. The van der Waals surface area contributed by atoms with Crippen LogP contribution in [0.2, 0.25) is 5.02 Å². The number of carbonyl (C=O) groups excluding carboxylic acids is 2. The van der Waals surface area contributed by atoms with Gasteiger partial charge in [-0.25, -0.2) is 4.98 Å². The van der Waals surface area contributed by atoms with Crippen LogP contribution in [0, 0.1) is 12.8 Å². The van der Waals surface area contributed by atoms with Crippen molar-refractivity contribution in [2.75, 3.05) is 18.1 Å². The molecule has 1 aromatic heterocycles. The predicted octanol–water partition coefficient (Wildman–Crippen LogP) is 4.37. The summed E-state index contributed by atoms with van der Waals surface area (Å²) >= 11 is 6.38. The summed E-state index contributed by atoms with van der Waals surface area (Å²) in [6.45, 7) is 4.32. The van der Waals surface area contributed by atoms with Crippen LogP contribution in [0.15, 0.2) is 40.8 Å². The maximum absolute atomic E-state index is 12.5. The number of halogens is 1. The van der Waals surface area contributed by atoms with Gasteiger partial charge >= 0.3 is 5.97 Å². The fraction of sp³-hybridized carbons (Fsp3) is 0.286. The van der Waals surface area contributed by atoms with E-state index in [9.17, 15) is 9.59 Å². The van der Waals surface area contributed by atoms with E-state index in [1.54, 1.807) is 30.0 Å². The minimum Gasteiger partial charge on any atom is -0.466 e. The van der Waals surface area contributed by atoms with Gasteiger partial charge in [0.05, 0.1) is 23.1 Å². The second-order valence-electron chi connectivity index (χ2n) is 6.81. The fourth-order valence-electron chi connectivity index (χ4n) is 3.37. The molecule has 3 aromatic rings. The van der Waals surface area contributed by atoms with Gasteiger partial charge in [0.1, 0.15) is 5.52 Å². The molecule has 1 saturated heterocycles. The van der Waals surface area contributed by atoms with Gasteiger partial charge in [-0.1, -0.05) is 17.7 Å². The molecule has 4 rings (SSSR count). The second kappa shape index (κ2) is 7.28. The number of hydrogen-bond donors (Lipinski definition) is 0. The Morgan fingerprint density at radius 1 is 1.32 bits per heavy atom. The Bertz CT molecular complexity index is 1080. The molecule has 1 atom stereocenters. The molecule has 1 fully saturated rings. The molecule has 0 aliphatic carbocycles.